The van der Waals surface area contributed by atoms with Gasteiger partial charge in [0.25, 0.3) is 0 Å². The zero-order valence-corrected chi connectivity index (χ0v) is 12.6. The lowest BCUT2D eigenvalue weighted by Gasteiger charge is -2.23. The minimum Gasteiger partial charge on any atom is -0.310 e. The Labute approximate surface area is 112 Å². The fraction of sp³-hybridized carbons (Fsp3) is 0.625. The average Bonchev–Trinajstić information content (AvgIpc) is 2.33. The molecule has 0 aliphatic rings. The van der Waals surface area contributed by atoms with Crippen molar-refractivity contribution in [1.82, 2.24) is 10.2 Å². The van der Waals surface area contributed by atoms with Crippen LogP contribution in [0.4, 0.5) is 0 Å². The largest absolute Gasteiger partial charge is 0.310 e. The summed E-state index contributed by atoms with van der Waals surface area (Å²) in [5.41, 5.74) is 4.29. The normalized spacial score (nSPS) is 13.0. The Kier molecular flexibility index (Phi) is 6.37. The molecule has 1 aromatic rings. The quantitative estimate of drug-likeness (QED) is 0.796. The first-order valence-corrected chi connectivity index (χ1v) is 7.00. The van der Waals surface area contributed by atoms with E-state index in [9.17, 15) is 0 Å². The monoisotopic (exact) mass is 248 g/mol. The first-order chi connectivity index (χ1) is 8.56. The average molecular weight is 248 g/mol. The van der Waals surface area contributed by atoms with Crippen LogP contribution in [0.5, 0.6) is 0 Å². The lowest BCUT2D eigenvalue weighted by Crippen LogP contribution is -2.27. The summed E-state index contributed by atoms with van der Waals surface area (Å²) in [7, 11) is 4.28. The maximum absolute atomic E-state index is 3.68. The third kappa shape index (κ3) is 4.43. The molecule has 0 saturated carbocycles. The second kappa shape index (κ2) is 7.55. The lowest BCUT2D eigenvalue weighted by molar-refractivity contribution is 0.360. The number of nitrogens with one attached hydrogen (secondary N) is 1. The molecule has 0 heterocycles. The van der Waals surface area contributed by atoms with E-state index in [4.69, 9.17) is 0 Å². The van der Waals surface area contributed by atoms with Crippen molar-refractivity contribution in [3.63, 3.8) is 0 Å². The number of aryl methyl sites for hydroxylation is 1. The molecule has 1 N–H and O–H groups in total. The van der Waals surface area contributed by atoms with Crippen LogP contribution < -0.4 is 5.32 Å². The number of nitrogens with zero attached hydrogens (tertiary/aromatic N) is 1. The molecule has 0 aromatic heterocycles. The van der Waals surface area contributed by atoms with Crippen LogP contribution in [-0.2, 0) is 0 Å². The molecule has 18 heavy (non-hydrogen) atoms. The van der Waals surface area contributed by atoms with Gasteiger partial charge >= 0.3 is 0 Å². The molecule has 0 aliphatic heterocycles. The second-order valence-electron chi connectivity index (χ2n) is 5.39. The molecular formula is C16H28N2. The van der Waals surface area contributed by atoms with Gasteiger partial charge in [0.15, 0.2) is 0 Å². The summed E-state index contributed by atoms with van der Waals surface area (Å²) < 4.78 is 0. The lowest BCUT2D eigenvalue weighted by atomic mass is 9.95. The van der Waals surface area contributed by atoms with Crippen LogP contribution in [0.25, 0.3) is 0 Å². The number of rotatable bonds is 7. The number of hydrogen-bond acceptors (Lipinski definition) is 2. The van der Waals surface area contributed by atoms with Gasteiger partial charge in [-0.2, -0.15) is 0 Å². The highest BCUT2D eigenvalue weighted by Gasteiger charge is 2.13. The van der Waals surface area contributed by atoms with E-state index in [1.54, 1.807) is 0 Å². The van der Waals surface area contributed by atoms with Crippen LogP contribution in [0, 0.1) is 13.8 Å². The summed E-state index contributed by atoms with van der Waals surface area (Å²) in [5.74, 6) is 0. The first kappa shape index (κ1) is 15.2. The van der Waals surface area contributed by atoms with Gasteiger partial charge in [-0.25, -0.2) is 0 Å². The van der Waals surface area contributed by atoms with Crippen molar-refractivity contribution in [3.8, 4) is 0 Å². The summed E-state index contributed by atoms with van der Waals surface area (Å²) in [4.78, 5) is 2.26. The minimum absolute atomic E-state index is 0.479. The van der Waals surface area contributed by atoms with E-state index in [1.807, 2.05) is 0 Å². The molecule has 1 rings (SSSR count). The van der Waals surface area contributed by atoms with Gasteiger partial charge < -0.3 is 10.2 Å². The van der Waals surface area contributed by atoms with Gasteiger partial charge in [0.05, 0.1) is 0 Å². The van der Waals surface area contributed by atoms with Crippen molar-refractivity contribution in [2.24, 2.45) is 0 Å². The summed E-state index contributed by atoms with van der Waals surface area (Å²) in [5, 5.41) is 3.68. The third-order valence-corrected chi connectivity index (χ3v) is 3.53. The van der Waals surface area contributed by atoms with Crippen LogP contribution >= 0.6 is 0 Å². The summed E-state index contributed by atoms with van der Waals surface area (Å²) in [6.45, 7) is 8.86. The Bertz CT molecular complexity index is 358. The zero-order valence-electron chi connectivity index (χ0n) is 12.6. The van der Waals surface area contributed by atoms with Crippen molar-refractivity contribution in [2.45, 2.75) is 39.7 Å². The molecule has 0 spiro atoms. The predicted molar refractivity (Wildman–Crippen MR) is 80.1 cm³/mol. The minimum atomic E-state index is 0.479. The Morgan fingerprint density at radius 2 is 1.94 bits per heavy atom. The van der Waals surface area contributed by atoms with E-state index >= 15 is 0 Å². The van der Waals surface area contributed by atoms with Gasteiger partial charge in [-0.15, -0.1) is 0 Å². The molecule has 0 aliphatic carbocycles. The van der Waals surface area contributed by atoms with Gasteiger partial charge in [-0.05, 0) is 70.6 Å². The van der Waals surface area contributed by atoms with Crippen LogP contribution in [0.2, 0.25) is 0 Å². The molecule has 0 amide bonds. The van der Waals surface area contributed by atoms with Gasteiger partial charge in [0, 0.05) is 6.04 Å². The topological polar surface area (TPSA) is 15.3 Å². The van der Waals surface area contributed by atoms with Gasteiger partial charge in [0.1, 0.15) is 0 Å². The number of hydrogen-bond donors (Lipinski definition) is 1. The molecule has 2 nitrogen and oxygen atoms in total. The summed E-state index contributed by atoms with van der Waals surface area (Å²) >= 11 is 0. The number of benzene rings is 1. The van der Waals surface area contributed by atoms with Crippen LogP contribution in [-0.4, -0.2) is 32.1 Å². The summed E-state index contributed by atoms with van der Waals surface area (Å²) in [6.07, 6.45) is 2.35. The van der Waals surface area contributed by atoms with Crippen molar-refractivity contribution in [3.05, 3.63) is 34.9 Å². The van der Waals surface area contributed by atoms with E-state index < -0.39 is 0 Å². The first-order valence-electron chi connectivity index (χ1n) is 7.00. The van der Waals surface area contributed by atoms with Gasteiger partial charge in [0.2, 0.25) is 0 Å². The molecule has 1 aromatic carbocycles. The molecule has 1 unspecified atom stereocenters. The van der Waals surface area contributed by atoms with E-state index in [1.165, 1.54) is 23.1 Å². The zero-order chi connectivity index (χ0) is 13.5. The van der Waals surface area contributed by atoms with Crippen molar-refractivity contribution >= 4 is 0 Å². The smallest absolute Gasteiger partial charge is 0.0335 e. The highest BCUT2D eigenvalue weighted by Crippen LogP contribution is 2.23. The summed E-state index contributed by atoms with van der Waals surface area (Å²) in [6, 6.07) is 7.12. The third-order valence-electron chi connectivity index (χ3n) is 3.53. The maximum Gasteiger partial charge on any atom is 0.0335 e. The van der Waals surface area contributed by atoms with Crippen LogP contribution in [0.1, 0.15) is 42.5 Å². The molecule has 2 heteroatoms. The molecule has 102 valence electrons. The second-order valence-corrected chi connectivity index (χ2v) is 5.39. The van der Waals surface area contributed by atoms with Crippen LogP contribution in [0.3, 0.4) is 0 Å². The Hall–Kier alpha value is -0.860. The fourth-order valence-electron chi connectivity index (χ4n) is 2.22. The predicted octanol–water partition coefficient (Wildman–Crippen LogP) is 3.30. The van der Waals surface area contributed by atoms with Crippen LogP contribution in [0.15, 0.2) is 18.2 Å². The molecule has 1 atom stereocenters. The highest BCUT2D eigenvalue weighted by atomic mass is 15.1. The van der Waals surface area contributed by atoms with E-state index in [0.717, 1.165) is 19.5 Å². The highest BCUT2D eigenvalue weighted by molar-refractivity contribution is 5.35. The Morgan fingerprint density at radius 1 is 1.22 bits per heavy atom. The van der Waals surface area contributed by atoms with Crippen molar-refractivity contribution < 1.29 is 0 Å². The van der Waals surface area contributed by atoms with E-state index in [2.05, 4.69) is 63.3 Å². The fourth-order valence-corrected chi connectivity index (χ4v) is 2.22. The van der Waals surface area contributed by atoms with Crippen molar-refractivity contribution in [1.29, 1.82) is 0 Å². The molecular weight excluding hydrogens is 220 g/mol. The van der Waals surface area contributed by atoms with Gasteiger partial charge in [-0.1, -0.05) is 25.1 Å². The van der Waals surface area contributed by atoms with E-state index in [0.29, 0.717) is 6.04 Å². The van der Waals surface area contributed by atoms with Gasteiger partial charge in [-0.3, -0.25) is 0 Å². The molecule has 0 fully saturated rings. The standard InChI is InChI=1S/C16H28N2/c1-6-11-17-16(10-12-18(4)5)15-9-7-8-13(2)14(15)3/h7-9,16-17H,6,10-12H2,1-5H3. The maximum atomic E-state index is 3.68. The molecule has 0 radical (unpaired) electrons. The SMILES string of the molecule is CCCNC(CCN(C)C)c1cccc(C)c1C. The molecule has 0 bridgehead atoms. The molecule has 0 saturated heterocycles. The Morgan fingerprint density at radius 3 is 2.56 bits per heavy atom. The van der Waals surface area contributed by atoms with E-state index in [-0.39, 0.29) is 0 Å². The van der Waals surface area contributed by atoms with Crippen molar-refractivity contribution in [2.75, 3.05) is 27.2 Å². The Balaban J connectivity index is 2.83.